The highest BCUT2D eigenvalue weighted by Gasteiger charge is 2.23. The van der Waals surface area contributed by atoms with Crippen LogP contribution < -0.4 is 9.47 Å². The number of rotatable bonds is 4. The molecule has 1 fully saturated rings. The molecule has 1 aromatic rings. The summed E-state index contributed by atoms with van der Waals surface area (Å²) in [5, 5.41) is 9.51. The first kappa shape index (κ1) is 14.0. The van der Waals surface area contributed by atoms with E-state index in [1.807, 2.05) is 0 Å². The highest BCUT2D eigenvalue weighted by atomic mass is 35.5. The lowest BCUT2D eigenvalue weighted by Crippen LogP contribution is -2.28. The molecule has 2 rings (SSSR count). The van der Waals surface area contributed by atoms with Crippen molar-refractivity contribution in [2.24, 2.45) is 0 Å². The Bertz CT molecular complexity index is 468. The van der Waals surface area contributed by atoms with Crippen LogP contribution in [0, 0.1) is 0 Å². The van der Waals surface area contributed by atoms with Crippen LogP contribution in [0.4, 0.5) is 0 Å². The number of carbonyl (C=O) groups is 1. The van der Waals surface area contributed by atoms with Crippen LogP contribution >= 0.6 is 11.6 Å². The number of aromatic carboxylic acids is 1. The average Bonchev–Trinajstić information content (AvgIpc) is 2.41. The number of halogens is 1. The standard InChI is InChI=1S/C13H15ClO5/c1-17-11-6-8(14)5-10(13(15)16)12(11)19-9-3-2-4-18-7-9/h5-6,9H,2-4,7H2,1H3,(H,15,16). The smallest absolute Gasteiger partial charge is 0.339 e. The number of carboxylic acid groups (broad SMARTS) is 1. The van der Waals surface area contributed by atoms with E-state index in [0.717, 1.165) is 12.8 Å². The largest absolute Gasteiger partial charge is 0.493 e. The predicted molar refractivity (Wildman–Crippen MR) is 69.4 cm³/mol. The fourth-order valence-corrected chi connectivity index (χ4v) is 2.18. The number of hydrogen-bond acceptors (Lipinski definition) is 4. The topological polar surface area (TPSA) is 65.0 Å². The van der Waals surface area contributed by atoms with E-state index in [2.05, 4.69) is 0 Å². The summed E-state index contributed by atoms with van der Waals surface area (Å²) in [5.41, 5.74) is -0.00470. The molecule has 0 saturated carbocycles. The van der Waals surface area contributed by atoms with E-state index >= 15 is 0 Å². The lowest BCUT2D eigenvalue weighted by atomic mass is 10.1. The van der Waals surface area contributed by atoms with Gasteiger partial charge in [-0.05, 0) is 18.9 Å². The normalized spacial score (nSPS) is 18.9. The van der Waals surface area contributed by atoms with E-state index in [1.165, 1.54) is 19.2 Å². The van der Waals surface area contributed by atoms with Crippen LogP contribution in [0.5, 0.6) is 11.5 Å². The quantitative estimate of drug-likeness (QED) is 0.921. The van der Waals surface area contributed by atoms with E-state index in [9.17, 15) is 9.90 Å². The van der Waals surface area contributed by atoms with Crippen molar-refractivity contribution >= 4 is 17.6 Å². The second-order valence-corrected chi connectivity index (χ2v) is 4.68. The third-order valence-corrected chi connectivity index (χ3v) is 3.09. The Balaban J connectivity index is 2.32. The number of carboxylic acids is 1. The van der Waals surface area contributed by atoms with Crippen LogP contribution in [0.1, 0.15) is 23.2 Å². The molecular weight excluding hydrogens is 272 g/mol. The van der Waals surface area contributed by atoms with Crippen LogP contribution in [0.15, 0.2) is 12.1 Å². The van der Waals surface area contributed by atoms with E-state index in [1.54, 1.807) is 0 Å². The Kier molecular flexibility index (Phi) is 4.50. The molecule has 5 nitrogen and oxygen atoms in total. The first-order valence-corrected chi connectivity index (χ1v) is 6.35. The molecule has 1 atom stereocenters. The molecule has 1 heterocycles. The van der Waals surface area contributed by atoms with Gasteiger partial charge in [-0.15, -0.1) is 0 Å². The Morgan fingerprint density at radius 2 is 2.32 bits per heavy atom. The van der Waals surface area contributed by atoms with E-state index in [-0.39, 0.29) is 17.4 Å². The molecule has 0 amide bonds. The summed E-state index contributed by atoms with van der Waals surface area (Å²) < 4.78 is 16.2. The summed E-state index contributed by atoms with van der Waals surface area (Å²) in [5.74, 6) is -0.585. The van der Waals surface area contributed by atoms with Gasteiger partial charge in [-0.3, -0.25) is 0 Å². The monoisotopic (exact) mass is 286 g/mol. The molecule has 1 aliphatic heterocycles. The Morgan fingerprint density at radius 3 is 2.89 bits per heavy atom. The second-order valence-electron chi connectivity index (χ2n) is 4.25. The molecule has 19 heavy (non-hydrogen) atoms. The summed E-state index contributed by atoms with van der Waals surface area (Å²) in [6.45, 7) is 1.16. The minimum atomic E-state index is -1.10. The average molecular weight is 287 g/mol. The molecule has 1 unspecified atom stereocenters. The van der Waals surface area contributed by atoms with Crippen molar-refractivity contribution in [1.29, 1.82) is 0 Å². The molecule has 0 bridgehead atoms. The van der Waals surface area contributed by atoms with E-state index in [4.69, 9.17) is 25.8 Å². The highest BCUT2D eigenvalue weighted by molar-refractivity contribution is 6.31. The maximum Gasteiger partial charge on any atom is 0.339 e. The Hall–Kier alpha value is -1.46. The Morgan fingerprint density at radius 1 is 1.53 bits per heavy atom. The minimum absolute atomic E-state index is 0.00470. The van der Waals surface area contributed by atoms with Crippen molar-refractivity contribution in [2.45, 2.75) is 18.9 Å². The van der Waals surface area contributed by atoms with Crippen LogP contribution in [0.2, 0.25) is 5.02 Å². The van der Waals surface area contributed by atoms with Gasteiger partial charge in [0.25, 0.3) is 0 Å². The molecule has 1 aromatic carbocycles. The van der Waals surface area contributed by atoms with Gasteiger partial charge in [-0.2, -0.15) is 0 Å². The van der Waals surface area contributed by atoms with Crippen molar-refractivity contribution in [3.05, 3.63) is 22.7 Å². The predicted octanol–water partition coefficient (Wildman–Crippen LogP) is 2.60. The van der Waals surface area contributed by atoms with Crippen molar-refractivity contribution in [3.8, 4) is 11.5 Å². The van der Waals surface area contributed by atoms with Gasteiger partial charge in [-0.1, -0.05) is 11.6 Å². The van der Waals surface area contributed by atoms with Gasteiger partial charge in [-0.25, -0.2) is 4.79 Å². The highest BCUT2D eigenvalue weighted by Crippen LogP contribution is 2.36. The van der Waals surface area contributed by atoms with Gasteiger partial charge in [0.1, 0.15) is 11.7 Å². The van der Waals surface area contributed by atoms with Gasteiger partial charge in [0, 0.05) is 17.7 Å². The fraction of sp³-hybridized carbons (Fsp3) is 0.462. The summed E-state index contributed by atoms with van der Waals surface area (Å²) in [4.78, 5) is 11.3. The SMILES string of the molecule is COc1cc(Cl)cc(C(=O)O)c1OC1CCCOC1. The molecule has 0 spiro atoms. The zero-order chi connectivity index (χ0) is 13.8. The van der Waals surface area contributed by atoms with Crippen molar-refractivity contribution in [1.82, 2.24) is 0 Å². The van der Waals surface area contributed by atoms with E-state index < -0.39 is 5.97 Å². The molecule has 0 aliphatic carbocycles. The number of benzene rings is 1. The van der Waals surface area contributed by atoms with Gasteiger partial charge >= 0.3 is 5.97 Å². The fourth-order valence-electron chi connectivity index (χ4n) is 1.97. The summed E-state index contributed by atoms with van der Waals surface area (Å²) in [6, 6.07) is 2.89. The summed E-state index contributed by atoms with van der Waals surface area (Å²) in [7, 11) is 1.45. The third kappa shape index (κ3) is 3.30. The molecule has 0 radical (unpaired) electrons. The summed E-state index contributed by atoms with van der Waals surface area (Å²) in [6.07, 6.45) is 1.55. The number of hydrogen-bond donors (Lipinski definition) is 1. The molecule has 1 saturated heterocycles. The molecule has 1 N–H and O–H groups in total. The minimum Gasteiger partial charge on any atom is -0.493 e. The first-order valence-electron chi connectivity index (χ1n) is 5.97. The third-order valence-electron chi connectivity index (χ3n) is 2.87. The van der Waals surface area contributed by atoms with Gasteiger partial charge in [0.05, 0.1) is 13.7 Å². The number of ether oxygens (including phenoxy) is 3. The molecule has 6 heteroatoms. The van der Waals surface area contributed by atoms with Gasteiger partial charge in [0.2, 0.25) is 0 Å². The number of methoxy groups -OCH3 is 1. The zero-order valence-corrected chi connectivity index (χ0v) is 11.3. The van der Waals surface area contributed by atoms with Crippen molar-refractivity contribution < 1.29 is 24.1 Å². The lowest BCUT2D eigenvalue weighted by Gasteiger charge is -2.25. The van der Waals surface area contributed by atoms with Gasteiger partial charge in [0.15, 0.2) is 11.5 Å². The molecule has 1 aliphatic rings. The summed E-state index contributed by atoms with van der Waals surface area (Å²) >= 11 is 5.86. The van der Waals surface area contributed by atoms with Crippen LogP contribution in [-0.4, -0.2) is 37.5 Å². The van der Waals surface area contributed by atoms with Crippen molar-refractivity contribution in [2.75, 3.05) is 20.3 Å². The second kappa shape index (κ2) is 6.12. The van der Waals surface area contributed by atoms with Crippen LogP contribution in [0.25, 0.3) is 0 Å². The molecule has 104 valence electrons. The molecular formula is C13H15ClO5. The maximum atomic E-state index is 11.3. The molecule has 0 aromatic heterocycles. The lowest BCUT2D eigenvalue weighted by molar-refractivity contribution is 0.00577. The van der Waals surface area contributed by atoms with E-state index in [0.29, 0.717) is 24.0 Å². The van der Waals surface area contributed by atoms with Crippen molar-refractivity contribution in [3.63, 3.8) is 0 Å². The van der Waals surface area contributed by atoms with Crippen LogP contribution in [0.3, 0.4) is 0 Å². The first-order chi connectivity index (χ1) is 9.11. The Labute approximate surface area is 116 Å². The maximum absolute atomic E-state index is 11.3. The zero-order valence-electron chi connectivity index (χ0n) is 10.5. The van der Waals surface area contributed by atoms with Crippen LogP contribution in [-0.2, 0) is 4.74 Å². The van der Waals surface area contributed by atoms with Gasteiger partial charge < -0.3 is 19.3 Å².